The van der Waals surface area contributed by atoms with Gasteiger partial charge in [-0.25, -0.2) is 13.1 Å². The highest BCUT2D eigenvalue weighted by Crippen LogP contribution is 2.24. The molecule has 0 spiro atoms. The fourth-order valence-electron chi connectivity index (χ4n) is 2.39. The fraction of sp³-hybridized carbons (Fsp3) is 0.533. The van der Waals surface area contributed by atoms with E-state index in [0.29, 0.717) is 5.56 Å². The van der Waals surface area contributed by atoms with Crippen molar-refractivity contribution in [1.82, 2.24) is 4.72 Å². The van der Waals surface area contributed by atoms with Crippen LogP contribution in [0.25, 0.3) is 0 Å². The summed E-state index contributed by atoms with van der Waals surface area (Å²) in [5, 5.41) is 0. The number of nitrogens with two attached hydrogens (primary N) is 1. The maximum atomic E-state index is 12.6. The van der Waals surface area contributed by atoms with Gasteiger partial charge in [0.05, 0.1) is 4.90 Å². The number of nitrogens with one attached hydrogen (secondary N) is 1. The Morgan fingerprint density at radius 2 is 1.76 bits per heavy atom. The van der Waals surface area contributed by atoms with Crippen LogP contribution < -0.4 is 10.5 Å². The molecule has 0 saturated heterocycles. The van der Waals surface area contributed by atoms with E-state index in [4.69, 9.17) is 18.0 Å². The summed E-state index contributed by atoms with van der Waals surface area (Å²) >= 11 is 4.94. The first-order valence-electron chi connectivity index (χ1n) is 7.15. The van der Waals surface area contributed by atoms with Gasteiger partial charge in [0.1, 0.15) is 4.99 Å². The van der Waals surface area contributed by atoms with E-state index in [1.54, 1.807) is 25.1 Å². The summed E-state index contributed by atoms with van der Waals surface area (Å²) in [6.45, 7) is 7.80. The molecule has 6 heteroatoms. The van der Waals surface area contributed by atoms with Gasteiger partial charge >= 0.3 is 0 Å². The van der Waals surface area contributed by atoms with Crippen LogP contribution in [0.2, 0.25) is 0 Å². The molecule has 0 amide bonds. The number of rotatable bonds is 7. The number of benzene rings is 1. The second-order valence-electron chi connectivity index (χ2n) is 5.29. The molecule has 21 heavy (non-hydrogen) atoms. The average molecular weight is 329 g/mol. The van der Waals surface area contributed by atoms with Crippen molar-refractivity contribution >= 4 is 27.2 Å². The minimum Gasteiger partial charge on any atom is -0.389 e. The minimum atomic E-state index is -3.55. The van der Waals surface area contributed by atoms with E-state index in [0.717, 1.165) is 24.8 Å². The Bertz CT molecular complexity index is 612. The van der Waals surface area contributed by atoms with E-state index < -0.39 is 15.6 Å². The lowest BCUT2D eigenvalue weighted by Crippen LogP contribution is -2.46. The number of hydrogen-bond donors (Lipinski definition) is 2. The first kappa shape index (κ1) is 18.1. The quantitative estimate of drug-likeness (QED) is 0.755. The molecule has 3 N–H and O–H groups in total. The smallest absolute Gasteiger partial charge is 0.241 e. The van der Waals surface area contributed by atoms with E-state index in [1.807, 2.05) is 20.8 Å². The van der Waals surface area contributed by atoms with Crippen LogP contribution in [0.3, 0.4) is 0 Å². The molecule has 118 valence electrons. The zero-order chi connectivity index (χ0) is 16.3. The van der Waals surface area contributed by atoms with Crippen molar-refractivity contribution in [2.45, 2.75) is 57.4 Å². The van der Waals surface area contributed by atoms with E-state index in [9.17, 15) is 8.42 Å². The maximum absolute atomic E-state index is 12.6. The summed E-state index contributed by atoms with van der Waals surface area (Å²) in [7, 11) is -3.55. The highest BCUT2D eigenvalue weighted by Gasteiger charge is 2.30. The monoisotopic (exact) mass is 328 g/mol. The molecule has 1 rings (SSSR count). The van der Waals surface area contributed by atoms with Crippen LogP contribution in [0.4, 0.5) is 0 Å². The molecule has 0 aromatic heterocycles. The predicted octanol–water partition coefficient (Wildman–Crippen LogP) is 2.88. The van der Waals surface area contributed by atoms with Crippen LogP contribution in [0.5, 0.6) is 0 Å². The summed E-state index contributed by atoms with van der Waals surface area (Å²) in [5.74, 6) is 0. The molecule has 0 aliphatic carbocycles. The van der Waals surface area contributed by atoms with Crippen molar-refractivity contribution in [3.05, 3.63) is 29.3 Å². The molecule has 0 heterocycles. The van der Waals surface area contributed by atoms with Gasteiger partial charge < -0.3 is 5.73 Å². The molecule has 0 bridgehead atoms. The van der Waals surface area contributed by atoms with E-state index >= 15 is 0 Å². The number of sulfonamides is 1. The van der Waals surface area contributed by atoms with Crippen LogP contribution in [-0.4, -0.2) is 18.9 Å². The molecule has 0 unspecified atom stereocenters. The van der Waals surface area contributed by atoms with Gasteiger partial charge in [0.25, 0.3) is 0 Å². The Balaban J connectivity index is 3.20. The van der Waals surface area contributed by atoms with Crippen LogP contribution in [-0.2, 0) is 10.0 Å². The van der Waals surface area contributed by atoms with E-state index in [1.165, 1.54) is 0 Å². The molecule has 0 aliphatic heterocycles. The van der Waals surface area contributed by atoms with Crippen LogP contribution >= 0.6 is 12.2 Å². The van der Waals surface area contributed by atoms with Crippen molar-refractivity contribution in [1.29, 1.82) is 0 Å². The SMILES string of the molecule is CCC(CC)(CC)NS(=O)(=O)c1ccc(C(N)=S)c(C)c1. The molecular formula is C15H24N2O2S2. The standard InChI is InChI=1S/C15H24N2O2S2/c1-5-15(6-2,7-3)17-21(18,19)12-8-9-13(14(16)20)11(4)10-12/h8-10,17H,5-7H2,1-4H3,(H2,16,20). The summed E-state index contributed by atoms with van der Waals surface area (Å²) in [6, 6.07) is 4.83. The highest BCUT2D eigenvalue weighted by atomic mass is 32.2. The van der Waals surface area contributed by atoms with E-state index in [2.05, 4.69) is 4.72 Å². The van der Waals surface area contributed by atoms with Crippen molar-refractivity contribution in [2.24, 2.45) is 5.73 Å². The first-order chi connectivity index (χ1) is 9.71. The molecule has 4 nitrogen and oxygen atoms in total. The zero-order valence-electron chi connectivity index (χ0n) is 13.1. The van der Waals surface area contributed by atoms with Gasteiger partial charge in [0, 0.05) is 11.1 Å². The molecule has 1 aromatic carbocycles. The second kappa shape index (κ2) is 6.85. The van der Waals surface area contributed by atoms with Gasteiger partial charge in [0.2, 0.25) is 10.0 Å². The van der Waals surface area contributed by atoms with Crippen LogP contribution in [0, 0.1) is 6.92 Å². The van der Waals surface area contributed by atoms with Crippen LogP contribution in [0.15, 0.2) is 23.1 Å². The molecular weight excluding hydrogens is 304 g/mol. The first-order valence-corrected chi connectivity index (χ1v) is 9.05. The van der Waals surface area contributed by atoms with Gasteiger partial charge in [-0.05, 0) is 43.9 Å². The molecule has 0 aliphatic rings. The van der Waals surface area contributed by atoms with Gasteiger partial charge in [-0.15, -0.1) is 0 Å². The maximum Gasteiger partial charge on any atom is 0.241 e. The summed E-state index contributed by atoms with van der Waals surface area (Å²) in [4.78, 5) is 0.522. The summed E-state index contributed by atoms with van der Waals surface area (Å²) in [6.07, 6.45) is 2.26. The predicted molar refractivity (Wildman–Crippen MR) is 91.0 cm³/mol. The lowest BCUT2D eigenvalue weighted by Gasteiger charge is -2.31. The topological polar surface area (TPSA) is 72.2 Å². The Kier molecular flexibility index (Phi) is 5.90. The van der Waals surface area contributed by atoms with Crippen LogP contribution in [0.1, 0.15) is 51.2 Å². The Morgan fingerprint density at radius 3 is 2.14 bits per heavy atom. The number of thiocarbonyl (C=S) groups is 1. The molecule has 0 atom stereocenters. The third-order valence-corrected chi connectivity index (χ3v) is 5.95. The third-order valence-electron chi connectivity index (χ3n) is 4.15. The van der Waals surface area contributed by atoms with Gasteiger partial charge in [-0.1, -0.05) is 39.1 Å². The van der Waals surface area contributed by atoms with Crippen molar-refractivity contribution < 1.29 is 8.42 Å². The van der Waals surface area contributed by atoms with Gasteiger partial charge in [0.15, 0.2) is 0 Å². The largest absolute Gasteiger partial charge is 0.389 e. The highest BCUT2D eigenvalue weighted by molar-refractivity contribution is 7.89. The molecule has 0 radical (unpaired) electrons. The lowest BCUT2D eigenvalue weighted by atomic mass is 9.91. The van der Waals surface area contributed by atoms with Crippen molar-refractivity contribution in [3.63, 3.8) is 0 Å². The van der Waals surface area contributed by atoms with E-state index in [-0.39, 0.29) is 9.88 Å². The van der Waals surface area contributed by atoms with Crippen molar-refractivity contribution in [2.75, 3.05) is 0 Å². The summed E-state index contributed by atoms with van der Waals surface area (Å²) in [5.41, 5.74) is 6.68. The van der Waals surface area contributed by atoms with Gasteiger partial charge in [-0.2, -0.15) is 0 Å². The number of hydrogen-bond acceptors (Lipinski definition) is 3. The average Bonchev–Trinajstić information content (AvgIpc) is 2.44. The Morgan fingerprint density at radius 1 is 1.24 bits per heavy atom. The molecule has 1 aromatic rings. The second-order valence-corrected chi connectivity index (χ2v) is 7.41. The Labute approximate surface area is 133 Å². The zero-order valence-corrected chi connectivity index (χ0v) is 14.7. The normalized spacial score (nSPS) is 12.4. The summed E-state index contributed by atoms with van der Waals surface area (Å²) < 4.78 is 28.0. The molecule has 0 fully saturated rings. The fourth-order valence-corrected chi connectivity index (χ4v) is 4.32. The molecule has 0 saturated carbocycles. The minimum absolute atomic E-state index is 0.250. The third kappa shape index (κ3) is 4.02. The van der Waals surface area contributed by atoms with Gasteiger partial charge in [-0.3, -0.25) is 0 Å². The lowest BCUT2D eigenvalue weighted by molar-refractivity contribution is 0.341. The number of aryl methyl sites for hydroxylation is 1. The van der Waals surface area contributed by atoms with Crippen molar-refractivity contribution in [3.8, 4) is 0 Å². The Hall–Kier alpha value is -0.980.